The molecule has 1 aromatic carbocycles. The number of aryl methyl sites for hydroxylation is 1. The fourth-order valence-corrected chi connectivity index (χ4v) is 2.93. The van der Waals surface area contributed by atoms with Gasteiger partial charge in [0.1, 0.15) is 0 Å². The summed E-state index contributed by atoms with van der Waals surface area (Å²) < 4.78 is 0. The Balaban J connectivity index is 2.10. The number of nitriles is 1. The summed E-state index contributed by atoms with van der Waals surface area (Å²) in [5.74, 6) is 0.723. The molecule has 1 fully saturated rings. The maximum atomic E-state index is 9.62. The zero-order chi connectivity index (χ0) is 13.8. The Morgan fingerprint density at radius 1 is 1.47 bits per heavy atom. The average molecular weight is 258 g/mol. The van der Waals surface area contributed by atoms with Gasteiger partial charge in [-0.1, -0.05) is 13.0 Å². The standard InChI is InChI=1S/C16H22N2O/c1-12-3-4-18(10-12)16(11-19)8-14-5-13(2)6-15(7-14)9-17/h5-7,12,16,19H,3-4,8,10-11H2,1-2H3. The van der Waals surface area contributed by atoms with Crippen LogP contribution < -0.4 is 0 Å². The van der Waals surface area contributed by atoms with Gasteiger partial charge in [-0.25, -0.2) is 0 Å². The highest BCUT2D eigenvalue weighted by Gasteiger charge is 2.25. The van der Waals surface area contributed by atoms with Crippen LogP contribution in [0.2, 0.25) is 0 Å². The number of rotatable bonds is 4. The van der Waals surface area contributed by atoms with Crippen LogP contribution in [0.15, 0.2) is 18.2 Å². The Bertz CT molecular complexity index is 478. The van der Waals surface area contributed by atoms with E-state index in [4.69, 9.17) is 5.26 Å². The van der Waals surface area contributed by atoms with Crippen LogP contribution in [0.3, 0.4) is 0 Å². The molecule has 1 aliphatic rings. The van der Waals surface area contributed by atoms with Crippen molar-refractivity contribution in [2.75, 3.05) is 19.7 Å². The van der Waals surface area contributed by atoms with E-state index in [-0.39, 0.29) is 12.6 Å². The van der Waals surface area contributed by atoms with E-state index in [0.29, 0.717) is 5.56 Å². The summed E-state index contributed by atoms with van der Waals surface area (Å²) in [7, 11) is 0. The van der Waals surface area contributed by atoms with Crippen LogP contribution in [0.4, 0.5) is 0 Å². The Morgan fingerprint density at radius 2 is 2.26 bits per heavy atom. The normalized spacial score (nSPS) is 21.3. The molecule has 0 saturated carbocycles. The van der Waals surface area contributed by atoms with E-state index in [1.165, 1.54) is 6.42 Å². The summed E-state index contributed by atoms with van der Waals surface area (Å²) in [4.78, 5) is 2.37. The van der Waals surface area contributed by atoms with E-state index < -0.39 is 0 Å². The molecule has 2 rings (SSSR count). The lowest BCUT2D eigenvalue weighted by atomic mass is 10.0. The van der Waals surface area contributed by atoms with Crippen LogP contribution in [-0.4, -0.2) is 35.7 Å². The van der Waals surface area contributed by atoms with Gasteiger partial charge in [0.25, 0.3) is 0 Å². The van der Waals surface area contributed by atoms with E-state index in [2.05, 4.69) is 24.0 Å². The van der Waals surface area contributed by atoms with E-state index in [1.54, 1.807) is 0 Å². The molecule has 1 heterocycles. The first-order valence-electron chi connectivity index (χ1n) is 6.98. The summed E-state index contributed by atoms with van der Waals surface area (Å²) in [6, 6.07) is 8.33. The van der Waals surface area contributed by atoms with Crippen LogP contribution in [0, 0.1) is 24.2 Å². The van der Waals surface area contributed by atoms with Crippen molar-refractivity contribution in [3.8, 4) is 6.07 Å². The first-order chi connectivity index (χ1) is 9.12. The molecule has 1 aromatic rings. The van der Waals surface area contributed by atoms with Crippen LogP contribution in [0.25, 0.3) is 0 Å². The molecule has 1 aliphatic heterocycles. The van der Waals surface area contributed by atoms with Crippen LogP contribution in [0.1, 0.15) is 30.0 Å². The maximum Gasteiger partial charge on any atom is 0.0991 e. The van der Waals surface area contributed by atoms with Crippen molar-refractivity contribution in [3.05, 3.63) is 34.9 Å². The predicted octanol–water partition coefficient (Wildman–Crippen LogP) is 2.11. The number of likely N-dealkylation sites (tertiary alicyclic amines) is 1. The fourth-order valence-electron chi connectivity index (χ4n) is 2.93. The molecule has 0 aromatic heterocycles. The molecule has 19 heavy (non-hydrogen) atoms. The van der Waals surface area contributed by atoms with Gasteiger partial charge in [0.15, 0.2) is 0 Å². The third kappa shape index (κ3) is 3.56. The highest BCUT2D eigenvalue weighted by molar-refractivity contribution is 5.37. The van der Waals surface area contributed by atoms with Crippen LogP contribution in [-0.2, 0) is 6.42 Å². The smallest absolute Gasteiger partial charge is 0.0991 e. The number of hydrogen-bond donors (Lipinski definition) is 1. The second kappa shape index (κ2) is 6.18. The summed E-state index contributed by atoms with van der Waals surface area (Å²) >= 11 is 0. The van der Waals surface area contributed by atoms with E-state index >= 15 is 0 Å². The summed E-state index contributed by atoms with van der Waals surface area (Å²) in [6.45, 7) is 6.60. The van der Waals surface area contributed by atoms with Gasteiger partial charge in [0, 0.05) is 12.6 Å². The zero-order valence-electron chi connectivity index (χ0n) is 11.8. The molecular formula is C16H22N2O. The minimum Gasteiger partial charge on any atom is -0.395 e. The highest BCUT2D eigenvalue weighted by Crippen LogP contribution is 2.20. The van der Waals surface area contributed by atoms with E-state index in [0.717, 1.165) is 36.6 Å². The third-order valence-corrected chi connectivity index (χ3v) is 3.92. The molecule has 0 bridgehead atoms. The lowest BCUT2D eigenvalue weighted by Crippen LogP contribution is -2.37. The molecule has 3 heteroatoms. The third-order valence-electron chi connectivity index (χ3n) is 3.92. The number of aliphatic hydroxyl groups excluding tert-OH is 1. The fraction of sp³-hybridized carbons (Fsp3) is 0.562. The lowest BCUT2D eigenvalue weighted by molar-refractivity contribution is 0.142. The van der Waals surface area contributed by atoms with Crippen LogP contribution in [0.5, 0.6) is 0 Å². The minimum atomic E-state index is 0.179. The largest absolute Gasteiger partial charge is 0.395 e. The van der Waals surface area contributed by atoms with Gasteiger partial charge in [0.2, 0.25) is 0 Å². The van der Waals surface area contributed by atoms with Gasteiger partial charge in [-0.05, 0) is 55.5 Å². The van der Waals surface area contributed by atoms with E-state index in [1.807, 2.05) is 19.1 Å². The number of benzene rings is 1. The first kappa shape index (κ1) is 14.0. The molecule has 0 amide bonds. The Morgan fingerprint density at radius 3 is 2.84 bits per heavy atom. The molecule has 1 N–H and O–H groups in total. The summed E-state index contributed by atoms with van der Waals surface area (Å²) in [5, 5.41) is 18.6. The minimum absolute atomic E-state index is 0.179. The molecule has 0 radical (unpaired) electrons. The lowest BCUT2D eigenvalue weighted by Gasteiger charge is -2.26. The van der Waals surface area contributed by atoms with Gasteiger partial charge in [-0.3, -0.25) is 4.90 Å². The number of aliphatic hydroxyl groups is 1. The van der Waals surface area contributed by atoms with Crippen molar-refractivity contribution in [2.24, 2.45) is 5.92 Å². The van der Waals surface area contributed by atoms with Crippen molar-refractivity contribution in [3.63, 3.8) is 0 Å². The Hall–Kier alpha value is -1.37. The maximum absolute atomic E-state index is 9.62. The highest BCUT2D eigenvalue weighted by atomic mass is 16.3. The summed E-state index contributed by atoms with van der Waals surface area (Å²) in [5.41, 5.74) is 2.97. The van der Waals surface area contributed by atoms with Gasteiger partial charge < -0.3 is 5.11 Å². The number of nitrogens with zero attached hydrogens (tertiary/aromatic N) is 2. The van der Waals surface area contributed by atoms with Crippen molar-refractivity contribution >= 4 is 0 Å². The van der Waals surface area contributed by atoms with Crippen molar-refractivity contribution in [2.45, 2.75) is 32.7 Å². The average Bonchev–Trinajstić information content (AvgIpc) is 2.81. The molecule has 2 unspecified atom stereocenters. The molecule has 2 atom stereocenters. The number of hydrogen-bond acceptors (Lipinski definition) is 3. The SMILES string of the molecule is Cc1cc(C#N)cc(CC(CO)N2CCC(C)C2)c1. The quantitative estimate of drug-likeness (QED) is 0.899. The molecular weight excluding hydrogens is 236 g/mol. The molecule has 1 saturated heterocycles. The first-order valence-corrected chi connectivity index (χ1v) is 6.98. The monoisotopic (exact) mass is 258 g/mol. The van der Waals surface area contributed by atoms with E-state index in [9.17, 15) is 5.11 Å². The molecule has 3 nitrogen and oxygen atoms in total. The topological polar surface area (TPSA) is 47.3 Å². The Labute approximate surface area is 115 Å². The predicted molar refractivity (Wildman–Crippen MR) is 75.8 cm³/mol. The van der Waals surface area contributed by atoms with Crippen molar-refractivity contribution in [1.29, 1.82) is 5.26 Å². The van der Waals surface area contributed by atoms with Crippen molar-refractivity contribution < 1.29 is 5.11 Å². The van der Waals surface area contributed by atoms with Gasteiger partial charge in [-0.2, -0.15) is 5.26 Å². The molecule has 0 aliphatic carbocycles. The van der Waals surface area contributed by atoms with Gasteiger partial charge in [-0.15, -0.1) is 0 Å². The van der Waals surface area contributed by atoms with Gasteiger partial charge >= 0.3 is 0 Å². The Kier molecular flexibility index (Phi) is 4.57. The van der Waals surface area contributed by atoms with Gasteiger partial charge in [0.05, 0.1) is 18.2 Å². The second-order valence-electron chi connectivity index (χ2n) is 5.75. The summed E-state index contributed by atoms with van der Waals surface area (Å²) in [6.07, 6.45) is 2.04. The zero-order valence-corrected chi connectivity index (χ0v) is 11.8. The van der Waals surface area contributed by atoms with Crippen LogP contribution >= 0.6 is 0 Å². The molecule has 102 valence electrons. The molecule has 0 spiro atoms. The van der Waals surface area contributed by atoms with Crippen molar-refractivity contribution in [1.82, 2.24) is 4.90 Å². The second-order valence-corrected chi connectivity index (χ2v) is 5.75.